The van der Waals surface area contributed by atoms with E-state index in [1.165, 1.54) is 16.8 Å². The summed E-state index contributed by atoms with van der Waals surface area (Å²) in [5.74, 6) is -0.0883. The number of pyridine rings is 1. The molecule has 0 bridgehead atoms. The van der Waals surface area contributed by atoms with Crippen LogP contribution < -0.4 is 16.0 Å². The molecule has 2 aromatic rings. The quantitative estimate of drug-likeness (QED) is 0.866. The van der Waals surface area contributed by atoms with Crippen LogP contribution in [0.25, 0.3) is 0 Å². The molecule has 0 saturated carbocycles. The van der Waals surface area contributed by atoms with E-state index in [0.29, 0.717) is 12.4 Å². The van der Waals surface area contributed by atoms with Crippen LogP contribution in [0.1, 0.15) is 5.56 Å². The molecular formula is C14H14N2O3. The van der Waals surface area contributed by atoms with Crippen molar-refractivity contribution in [1.82, 2.24) is 4.57 Å². The maximum Gasteiger partial charge on any atom is 0.254 e. The Balaban J connectivity index is 2.04. The van der Waals surface area contributed by atoms with E-state index in [2.05, 4.69) is 0 Å². The van der Waals surface area contributed by atoms with E-state index in [1.54, 1.807) is 6.07 Å². The summed E-state index contributed by atoms with van der Waals surface area (Å²) in [4.78, 5) is 22.4. The van der Waals surface area contributed by atoms with Crippen molar-refractivity contribution in [3.63, 3.8) is 0 Å². The third-order valence-corrected chi connectivity index (χ3v) is 2.54. The number of benzene rings is 1. The number of amides is 1. The maximum atomic E-state index is 11.7. The van der Waals surface area contributed by atoms with Gasteiger partial charge in [-0.1, -0.05) is 30.3 Å². The first-order chi connectivity index (χ1) is 9.15. The number of aromatic nitrogens is 1. The second kappa shape index (κ2) is 5.86. The Morgan fingerprint density at radius 1 is 1.21 bits per heavy atom. The Labute approximate surface area is 110 Å². The molecule has 5 nitrogen and oxygen atoms in total. The summed E-state index contributed by atoms with van der Waals surface area (Å²) < 4.78 is 6.74. The standard InChI is InChI=1S/C14H14N2O3/c15-13(17)9-16-7-6-12(8-14(16)18)19-10-11-4-2-1-3-5-11/h1-8H,9-10H2,(H2,15,17). The molecule has 0 spiro atoms. The van der Waals surface area contributed by atoms with Gasteiger partial charge in [0.15, 0.2) is 0 Å². The summed E-state index contributed by atoms with van der Waals surface area (Å²) in [5, 5.41) is 0. The summed E-state index contributed by atoms with van der Waals surface area (Å²) in [6.45, 7) is 0.262. The maximum absolute atomic E-state index is 11.7. The molecule has 0 radical (unpaired) electrons. The minimum atomic E-state index is -0.556. The van der Waals surface area contributed by atoms with Crippen LogP contribution in [0.4, 0.5) is 0 Å². The van der Waals surface area contributed by atoms with Crippen molar-refractivity contribution < 1.29 is 9.53 Å². The zero-order chi connectivity index (χ0) is 13.7. The summed E-state index contributed by atoms with van der Waals surface area (Å²) in [7, 11) is 0. The number of carbonyl (C=O) groups is 1. The number of rotatable bonds is 5. The zero-order valence-electron chi connectivity index (χ0n) is 10.3. The number of nitrogens with two attached hydrogens (primary N) is 1. The fourth-order valence-corrected chi connectivity index (χ4v) is 1.62. The number of hydrogen-bond donors (Lipinski definition) is 1. The topological polar surface area (TPSA) is 74.3 Å². The van der Waals surface area contributed by atoms with Gasteiger partial charge in [0.2, 0.25) is 5.91 Å². The van der Waals surface area contributed by atoms with Crippen LogP contribution in [-0.2, 0) is 17.9 Å². The lowest BCUT2D eigenvalue weighted by atomic mass is 10.2. The Morgan fingerprint density at radius 3 is 2.58 bits per heavy atom. The third-order valence-electron chi connectivity index (χ3n) is 2.54. The summed E-state index contributed by atoms with van der Waals surface area (Å²) >= 11 is 0. The molecule has 1 heterocycles. The molecule has 5 heteroatoms. The van der Waals surface area contributed by atoms with Crippen LogP contribution in [0.15, 0.2) is 53.5 Å². The molecule has 0 aliphatic heterocycles. The number of hydrogen-bond acceptors (Lipinski definition) is 3. The van der Waals surface area contributed by atoms with Gasteiger partial charge in [-0.3, -0.25) is 9.59 Å². The normalized spacial score (nSPS) is 10.1. The summed E-state index contributed by atoms with van der Waals surface area (Å²) in [6, 6.07) is 12.6. The molecule has 19 heavy (non-hydrogen) atoms. The van der Waals surface area contributed by atoms with Crippen molar-refractivity contribution in [2.45, 2.75) is 13.2 Å². The van der Waals surface area contributed by atoms with Crippen LogP contribution >= 0.6 is 0 Å². The van der Waals surface area contributed by atoms with Crippen molar-refractivity contribution in [2.24, 2.45) is 5.73 Å². The first-order valence-corrected chi connectivity index (χ1v) is 5.80. The van der Waals surface area contributed by atoms with Gasteiger partial charge >= 0.3 is 0 Å². The second-order valence-electron chi connectivity index (χ2n) is 4.07. The van der Waals surface area contributed by atoms with E-state index < -0.39 is 5.91 Å². The summed E-state index contributed by atoms with van der Waals surface area (Å²) in [6.07, 6.45) is 1.49. The molecule has 1 amide bonds. The lowest BCUT2D eigenvalue weighted by Gasteiger charge is -2.07. The Kier molecular flexibility index (Phi) is 3.97. The van der Waals surface area contributed by atoms with Crippen LogP contribution in [0, 0.1) is 0 Å². The van der Waals surface area contributed by atoms with Gasteiger partial charge in [0.1, 0.15) is 18.9 Å². The van der Waals surface area contributed by atoms with E-state index in [-0.39, 0.29) is 12.1 Å². The predicted octanol–water partition coefficient (Wildman–Crippen LogP) is 0.913. The first kappa shape index (κ1) is 12.9. The predicted molar refractivity (Wildman–Crippen MR) is 70.7 cm³/mol. The average Bonchev–Trinajstić information content (AvgIpc) is 2.40. The number of carbonyl (C=O) groups excluding carboxylic acids is 1. The average molecular weight is 258 g/mol. The highest BCUT2D eigenvalue weighted by Gasteiger charge is 2.02. The monoisotopic (exact) mass is 258 g/mol. The van der Waals surface area contributed by atoms with Gasteiger partial charge in [-0.2, -0.15) is 0 Å². The van der Waals surface area contributed by atoms with Crippen molar-refractivity contribution in [1.29, 1.82) is 0 Å². The van der Waals surface area contributed by atoms with Crippen molar-refractivity contribution in [3.8, 4) is 5.75 Å². The smallest absolute Gasteiger partial charge is 0.254 e. The first-order valence-electron chi connectivity index (χ1n) is 5.80. The van der Waals surface area contributed by atoms with Gasteiger partial charge < -0.3 is 15.0 Å². The van der Waals surface area contributed by atoms with Crippen LogP contribution in [0.3, 0.4) is 0 Å². The highest BCUT2D eigenvalue weighted by atomic mass is 16.5. The third kappa shape index (κ3) is 3.70. The van der Waals surface area contributed by atoms with Gasteiger partial charge in [-0.15, -0.1) is 0 Å². The van der Waals surface area contributed by atoms with Crippen molar-refractivity contribution in [3.05, 3.63) is 64.6 Å². The molecule has 0 atom stereocenters. The molecule has 98 valence electrons. The van der Waals surface area contributed by atoms with E-state index >= 15 is 0 Å². The Hall–Kier alpha value is -2.56. The molecule has 0 aliphatic rings. The van der Waals surface area contributed by atoms with E-state index in [4.69, 9.17) is 10.5 Å². The van der Waals surface area contributed by atoms with E-state index in [9.17, 15) is 9.59 Å². The largest absolute Gasteiger partial charge is 0.489 e. The molecular weight excluding hydrogens is 244 g/mol. The summed E-state index contributed by atoms with van der Waals surface area (Å²) in [5.41, 5.74) is 5.74. The van der Waals surface area contributed by atoms with Gasteiger partial charge in [-0.25, -0.2) is 0 Å². The molecule has 1 aromatic carbocycles. The highest BCUT2D eigenvalue weighted by Crippen LogP contribution is 2.09. The molecule has 0 unspecified atom stereocenters. The van der Waals surface area contributed by atoms with Gasteiger partial charge in [0.05, 0.1) is 0 Å². The molecule has 1 aromatic heterocycles. The lowest BCUT2D eigenvalue weighted by molar-refractivity contribution is -0.118. The molecule has 2 rings (SSSR count). The van der Waals surface area contributed by atoms with Crippen molar-refractivity contribution >= 4 is 5.91 Å². The molecule has 0 aliphatic carbocycles. The van der Waals surface area contributed by atoms with Crippen molar-refractivity contribution in [2.75, 3.05) is 0 Å². The highest BCUT2D eigenvalue weighted by molar-refractivity contribution is 5.73. The SMILES string of the molecule is NC(=O)Cn1ccc(OCc2ccccc2)cc1=O. The number of primary amides is 1. The van der Waals surface area contributed by atoms with Gasteiger partial charge in [0.25, 0.3) is 5.56 Å². The molecule has 0 saturated heterocycles. The zero-order valence-corrected chi connectivity index (χ0v) is 10.3. The minimum Gasteiger partial charge on any atom is -0.489 e. The Bertz CT molecular complexity index is 620. The van der Waals surface area contributed by atoms with Gasteiger partial charge in [0, 0.05) is 12.3 Å². The fourth-order valence-electron chi connectivity index (χ4n) is 1.62. The van der Waals surface area contributed by atoms with Crippen LogP contribution in [-0.4, -0.2) is 10.5 Å². The number of nitrogens with zero attached hydrogens (tertiary/aromatic N) is 1. The lowest BCUT2D eigenvalue weighted by Crippen LogP contribution is -2.27. The number of ether oxygens (including phenoxy) is 1. The van der Waals surface area contributed by atoms with Crippen LogP contribution in [0.5, 0.6) is 5.75 Å². The molecule has 2 N–H and O–H groups in total. The Morgan fingerprint density at radius 2 is 1.95 bits per heavy atom. The fraction of sp³-hybridized carbons (Fsp3) is 0.143. The molecule has 0 fully saturated rings. The van der Waals surface area contributed by atoms with Crippen LogP contribution in [0.2, 0.25) is 0 Å². The van der Waals surface area contributed by atoms with Gasteiger partial charge in [-0.05, 0) is 11.6 Å². The second-order valence-corrected chi connectivity index (χ2v) is 4.07. The van der Waals surface area contributed by atoms with E-state index in [0.717, 1.165) is 5.56 Å². The van der Waals surface area contributed by atoms with E-state index in [1.807, 2.05) is 30.3 Å². The minimum absolute atomic E-state index is 0.127.